The van der Waals surface area contributed by atoms with Crippen molar-refractivity contribution in [3.05, 3.63) is 62.6 Å². The van der Waals surface area contributed by atoms with Crippen molar-refractivity contribution in [2.45, 2.75) is 0 Å². The number of H-pyrrole nitrogens is 1. The van der Waals surface area contributed by atoms with Crippen LogP contribution >= 0.6 is 15.9 Å². The van der Waals surface area contributed by atoms with E-state index in [0.29, 0.717) is 20.9 Å². The molecule has 0 saturated heterocycles. The number of methoxy groups -OCH3 is 1. The number of nitriles is 1. The van der Waals surface area contributed by atoms with E-state index in [4.69, 9.17) is 4.74 Å². The summed E-state index contributed by atoms with van der Waals surface area (Å²) in [5.74, 6) is 0.405. The van der Waals surface area contributed by atoms with Gasteiger partial charge in [-0.1, -0.05) is 12.1 Å². The molecule has 1 heterocycles. The Balaban J connectivity index is 2.15. The molecular formula is C18H12BrN3O3. The predicted octanol–water partition coefficient (Wildman–Crippen LogP) is 3.46. The van der Waals surface area contributed by atoms with Gasteiger partial charge in [-0.05, 0) is 51.8 Å². The van der Waals surface area contributed by atoms with Crippen LogP contribution in [-0.4, -0.2) is 22.2 Å². The first-order valence-corrected chi connectivity index (χ1v) is 8.00. The van der Waals surface area contributed by atoms with E-state index in [2.05, 4.69) is 25.9 Å². The standard InChI is InChI=1S/C18H12BrN3O3/c1-25-15-8-10(7-13(19)16(15)23)6-11(9-20)17-21-14-5-3-2-4-12(14)18(24)22-17/h2-8,23H,1H3,(H,21,22,24)/b11-6+. The van der Waals surface area contributed by atoms with Gasteiger partial charge in [0.15, 0.2) is 17.3 Å². The molecule has 7 heteroatoms. The molecule has 25 heavy (non-hydrogen) atoms. The minimum Gasteiger partial charge on any atom is -0.503 e. The molecule has 0 amide bonds. The number of nitrogens with zero attached hydrogens (tertiary/aromatic N) is 2. The average Bonchev–Trinajstić information content (AvgIpc) is 2.62. The van der Waals surface area contributed by atoms with Gasteiger partial charge in [-0.3, -0.25) is 4.79 Å². The molecule has 6 nitrogen and oxygen atoms in total. The van der Waals surface area contributed by atoms with Gasteiger partial charge >= 0.3 is 0 Å². The maximum Gasteiger partial charge on any atom is 0.259 e. The minimum absolute atomic E-state index is 0.0320. The fraction of sp³-hybridized carbons (Fsp3) is 0.0556. The first-order chi connectivity index (χ1) is 12.0. The van der Waals surface area contributed by atoms with Gasteiger partial charge in [0.1, 0.15) is 6.07 Å². The predicted molar refractivity (Wildman–Crippen MR) is 98.2 cm³/mol. The summed E-state index contributed by atoms with van der Waals surface area (Å²) in [6.07, 6.45) is 1.56. The van der Waals surface area contributed by atoms with Crippen LogP contribution in [0.3, 0.4) is 0 Å². The number of halogens is 1. The normalized spacial score (nSPS) is 11.3. The second-order valence-corrected chi connectivity index (χ2v) is 6.01. The van der Waals surface area contributed by atoms with Crippen molar-refractivity contribution in [1.82, 2.24) is 9.97 Å². The second kappa shape index (κ2) is 6.79. The Hall–Kier alpha value is -3.11. The molecule has 2 N–H and O–H groups in total. The van der Waals surface area contributed by atoms with Crippen molar-refractivity contribution < 1.29 is 9.84 Å². The lowest BCUT2D eigenvalue weighted by Gasteiger charge is -2.07. The molecule has 3 rings (SSSR count). The highest BCUT2D eigenvalue weighted by Gasteiger charge is 2.11. The summed E-state index contributed by atoms with van der Waals surface area (Å²) in [5, 5.41) is 19.8. The summed E-state index contributed by atoms with van der Waals surface area (Å²) < 4.78 is 5.52. The van der Waals surface area contributed by atoms with Gasteiger partial charge in [0, 0.05) is 0 Å². The van der Waals surface area contributed by atoms with E-state index in [1.807, 2.05) is 6.07 Å². The van der Waals surface area contributed by atoms with Crippen molar-refractivity contribution in [2.75, 3.05) is 7.11 Å². The molecule has 0 atom stereocenters. The third-order valence-corrected chi connectivity index (χ3v) is 4.17. The van der Waals surface area contributed by atoms with E-state index in [1.54, 1.807) is 42.5 Å². The largest absolute Gasteiger partial charge is 0.503 e. The van der Waals surface area contributed by atoms with Crippen molar-refractivity contribution in [3.8, 4) is 17.6 Å². The zero-order valence-electron chi connectivity index (χ0n) is 13.1. The summed E-state index contributed by atoms with van der Waals surface area (Å²) in [6, 6.07) is 12.2. The van der Waals surface area contributed by atoms with Crippen molar-refractivity contribution in [2.24, 2.45) is 0 Å². The molecule has 0 radical (unpaired) electrons. The third-order valence-electron chi connectivity index (χ3n) is 3.57. The molecule has 0 saturated carbocycles. The van der Waals surface area contributed by atoms with E-state index in [1.165, 1.54) is 7.11 Å². The average molecular weight is 398 g/mol. The number of phenols is 1. The smallest absolute Gasteiger partial charge is 0.259 e. The van der Waals surface area contributed by atoms with Gasteiger partial charge in [0.05, 0.1) is 28.1 Å². The molecule has 1 aromatic heterocycles. The number of ether oxygens (including phenoxy) is 1. The van der Waals surface area contributed by atoms with E-state index in [-0.39, 0.29) is 28.5 Å². The molecular weight excluding hydrogens is 386 g/mol. The topological polar surface area (TPSA) is 99.0 Å². The van der Waals surface area contributed by atoms with Crippen molar-refractivity contribution in [1.29, 1.82) is 5.26 Å². The van der Waals surface area contributed by atoms with Gasteiger partial charge in [0.25, 0.3) is 5.56 Å². The number of benzene rings is 2. The van der Waals surface area contributed by atoms with E-state index < -0.39 is 0 Å². The number of phenolic OH excluding ortho intramolecular Hbond substituents is 1. The monoisotopic (exact) mass is 397 g/mol. The highest BCUT2D eigenvalue weighted by molar-refractivity contribution is 9.10. The Labute approximate surface area is 151 Å². The Morgan fingerprint density at radius 2 is 2.16 bits per heavy atom. The molecule has 0 aliphatic carbocycles. The van der Waals surface area contributed by atoms with Gasteiger partial charge in [0.2, 0.25) is 0 Å². The number of para-hydroxylation sites is 1. The van der Waals surface area contributed by atoms with Crippen LogP contribution in [0.4, 0.5) is 0 Å². The number of aromatic nitrogens is 2. The molecule has 0 spiro atoms. The van der Waals surface area contributed by atoms with Crippen LogP contribution < -0.4 is 10.3 Å². The Morgan fingerprint density at radius 3 is 2.88 bits per heavy atom. The van der Waals surface area contributed by atoms with Gasteiger partial charge in [-0.15, -0.1) is 0 Å². The summed E-state index contributed by atoms with van der Waals surface area (Å²) in [6.45, 7) is 0. The van der Waals surface area contributed by atoms with Crippen LogP contribution in [0, 0.1) is 11.3 Å². The quantitative estimate of drug-likeness (QED) is 0.659. The SMILES string of the molecule is COc1cc(/C=C(\C#N)c2nc3ccccc3c(=O)[nH]2)cc(Br)c1O. The zero-order valence-corrected chi connectivity index (χ0v) is 14.7. The number of nitrogens with one attached hydrogen (secondary N) is 1. The minimum atomic E-state index is -0.314. The highest BCUT2D eigenvalue weighted by atomic mass is 79.9. The van der Waals surface area contributed by atoms with Crippen LogP contribution in [-0.2, 0) is 0 Å². The number of fused-ring (bicyclic) bond motifs is 1. The summed E-state index contributed by atoms with van der Waals surface area (Å²) in [7, 11) is 1.43. The molecule has 0 bridgehead atoms. The van der Waals surface area contributed by atoms with E-state index in [0.717, 1.165) is 0 Å². The Kier molecular flexibility index (Phi) is 4.55. The van der Waals surface area contributed by atoms with Crippen LogP contribution in [0.15, 0.2) is 45.7 Å². The Bertz CT molecular complexity index is 1100. The lowest BCUT2D eigenvalue weighted by atomic mass is 10.1. The maximum atomic E-state index is 12.2. The van der Waals surface area contributed by atoms with Crippen LogP contribution in [0.5, 0.6) is 11.5 Å². The maximum absolute atomic E-state index is 12.2. The number of hydrogen-bond acceptors (Lipinski definition) is 5. The number of rotatable bonds is 3. The summed E-state index contributed by atoms with van der Waals surface area (Å²) in [5.41, 5.74) is 0.981. The third kappa shape index (κ3) is 3.25. The zero-order chi connectivity index (χ0) is 18.0. The molecule has 3 aromatic rings. The fourth-order valence-electron chi connectivity index (χ4n) is 2.37. The molecule has 0 aliphatic rings. The molecule has 124 valence electrons. The first kappa shape index (κ1) is 16.7. The number of aromatic hydroxyl groups is 1. The van der Waals surface area contributed by atoms with Crippen LogP contribution in [0.25, 0.3) is 22.6 Å². The van der Waals surface area contributed by atoms with Gasteiger partial charge in [-0.25, -0.2) is 4.98 Å². The molecule has 0 aliphatic heterocycles. The van der Waals surface area contributed by atoms with Crippen LogP contribution in [0.2, 0.25) is 0 Å². The number of hydrogen-bond donors (Lipinski definition) is 2. The summed E-state index contributed by atoms with van der Waals surface area (Å²) in [4.78, 5) is 19.2. The van der Waals surface area contributed by atoms with E-state index in [9.17, 15) is 15.2 Å². The summed E-state index contributed by atoms with van der Waals surface area (Å²) >= 11 is 3.23. The van der Waals surface area contributed by atoms with Crippen molar-refractivity contribution >= 4 is 38.5 Å². The molecule has 2 aromatic carbocycles. The van der Waals surface area contributed by atoms with Crippen molar-refractivity contribution in [3.63, 3.8) is 0 Å². The highest BCUT2D eigenvalue weighted by Crippen LogP contribution is 2.36. The second-order valence-electron chi connectivity index (χ2n) is 5.16. The van der Waals surface area contributed by atoms with Gasteiger partial charge < -0.3 is 14.8 Å². The lowest BCUT2D eigenvalue weighted by molar-refractivity contribution is 0.372. The molecule has 0 fully saturated rings. The number of allylic oxidation sites excluding steroid dienone is 1. The Morgan fingerprint density at radius 1 is 1.40 bits per heavy atom. The van der Waals surface area contributed by atoms with Gasteiger partial charge in [-0.2, -0.15) is 5.26 Å². The first-order valence-electron chi connectivity index (χ1n) is 7.21. The molecule has 0 unspecified atom stereocenters. The number of aromatic amines is 1. The van der Waals surface area contributed by atoms with E-state index >= 15 is 0 Å². The van der Waals surface area contributed by atoms with Crippen LogP contribution in [0.1, 0.15) is 11.4 Å². The fourth-order valence-corrected chi connectivity index (χ4v) is 2.83. The lowest BCUT2D eigenvalue weighted by Crippen LogP contribution is -2.11.